The minimum absolute atomic E-state index is 0.0434. The van der Waals surface area contributed by atoms with E-state index >= 15 is 0 Å². The van der Waals surface area contributed by atoms with E-state index in [4.69, 9.17) is 32.7 Å². The van der Waals surface area contributed by atoms with Crippen LogP contribution >= 0.6 is 35.0 Å². The predicted molar refractivity (Wildman–Crippen MR) is 153 cm³/mol. The van der Waals surface area contributed by atoms with E-state index in [0.29, 0.717) is 39.7 Å². The lowest BCUT2D eigenvalue weighted by Crippen LogP contribution is -2.25. The Hall–Kier alpha value is -3.73. The third kappa shape index (κ3) is 7.23. The van der Waals surface area contributed by atoms with Crippen LogP contribution in [0.2, 0.25) is 10.0 Å². The van der Waals surface area contributed by atoms with Gasteiger partial charge < -0.3 is 20.1 Å². The van der Waals surface area contributed by atoms with E-state index in [1.165, 1.54) is 17.8 Å². The Morgan fingerprint density at radius 2 is 1.79 bits per heavy atom. The molecule has 2 amide bonds. The maximum absolute atomic E-state index is 12.8. The molecule has 9 nitrogen and oxygen atoms in total. The second-order valence-electron chi connectivity index (χ2n) is 8.01. The summed E-state index contributed by atoms with van der Waals surface area (Å²) in [6.07, 6.45) is 0. The Morgan fingerprint density at radius 3 is 2.51 bits per heavy atom. The summed E-state index contributed by atoms with van der Waals surface area (Å²) in [5.41, 5.74) is 1.60. The smallest absolute Gasteiger partial charge is 0.253 e. The molecule has 0 bridgehead atoms. The fourth-order valence-corrected chi connectivity index (χ4v) is 4.88. The summed E-state index contributed by atoms with van der Waals surface area (Å²) >= 11 is 13.3. The van der Waals surface area contributed by atoms with Gasteiger partial charge in [-0.05, 0) is 61.5 Å². The van der Waals surface area contributed by atoms with Gasteiger partial charge >= 0.3 is 0 Å². The highest BCUT2D eigenvalue weighted by Crippen LogP contribution is 2.29. The molecule has 0 spiro atoms. The zero-order valence-corrected chi connectivity index (χ0v) is 23.4. The van der Waals surface area contributed by atoms with Crippen molar-refractivity contribution in [3.05, 3.63) is 88.2 Å². The molecule has 0 atom stereocenters. The largest absolute Gasteiger partial charge is 0.495 e. The number of amides is 2. The first-order valence-corrected chi connectivity index (χ1v) is 13.6. The lowest BCUT2D eigenvalue weighted by atomic mass is 10.2. The predicted octanol–water partition coefficient (Wildman–Crippen LogP) is 5.64. The van der Waals surface area contributed by atoms with Crippen LogP contribution in [-0.2, 0) is 11.3 Å². The van der Waals surface area contributed by atoms with Crippen LogP contribution in [0.4, 0.5) is 5.69 Å². The number of carbonyl (C=O) groups is 2. The molecule has 12 heteroatoms. The zero-order chi connectivity index (χ0) is 27.8. The molecule has 1 aromatic heterocycles. The van der Waals surface area contributed by atoms with Gasteiger partial charge in [0.15, 0.2) is 11.0 Å². The van der Waals surface area contributed by atoms with Crippen molar-refractivity contribution in [3.8, 4) is 17.2 Å². The number of methoxy groups -OCH3 is 1. The van der Waals surface area contributed by atoms with E-state index in [2.05, 4.69) is 20.8 Å². The maximum atomic E-state index is 12.8. The van der Waals surface area contributed by atoms with Crippen LogP contribution in [-0.4, -0.2) is 46.0 Å². The summed E-state index contributed by atoms with van der Waals surface area (Å²) < 4.78 is 12.7. The Kier molecular flexibility index (Phi) is 9.69. The average Bonchev–Trinajstić information content (AvgIpc) is 3.34. The van der Waals surface area contributed by atoms with Gasteiger partial charge in [-0.1, -0.05) is 47.1 Å². The lowest BCUT2D eigenvalue weighted by Gasteiger charge is -2.14. The number of ether oxygens (including phenoxy) is 2. The number of benzene rings is 3. The number of hydrogen-bond donors (Lipinski definition) is 2. The number of thioether (sulfide) groups is 1. The van der Waals surface area contributed by atoms with Crippen LogP contribution in [0.1, 0.15) is 23.1 Å². The second kappa shape index (κ2) is 13.4. The molecule has 3 aromatic carbocycles. The van der Waals surface area contributed by atoms with Crippen molar-refractivity contribution < 1.29 is 19.1 Å². The molecule has 1 heterocycles. The van der Waals surface area contributed by atoms with E-state index < -0.39 is 5.91 Å². The molecule has 0 saturated carbocycles. The SMILES string of the molecule is CCOc1ccc(NC(=O)CSc2nnc(CNC(=O)c3ccc(Cl)cc3Cl)n2-c2ccccc2OC)cc1. The standard InChI is InChI=1S/C27H25Cl2N5O4S/c1-3-38-19-11-9-18(10-12-19)31-25(35)16-39-27-33-32-24(34(27)22-6-4-5-7-23(22)37-2)15-30-26(36)20-13-8-17(28)14-21(20)29/h4-14H,3,15-16H2,1-2H3,(H,30,36)(H,31,35). The minimum Gasteiger partial charge on any atom is -0.495 e. The van der Waals surface area contributed by atoms with Crippen LogP contribution in [0.3, 0.4) is 0 Å². The molecule has 202 valence electrons. The number of anilines is 1. The number of halogens is 2. The third-order valence-electron chi connectivity index (χ3n) is 5.39. The Bertz CT molecular complexity index is 1460. The molecule has 0 unspecified atom stereocenters. The summed E-state index contributed by atoms with van der Waals surface area (Å²) in [4.78, 5) is 25.5. The van der Waals surface area contributed by atoms with Crippen LogP contribution in [0, 0.1) is 0 Å². The first kappa shape index (κ1) is 28.3. The number of nitrogens with one attached hydrogen (secondary N) is 2. The van der Waals surface area contributed by atoms with Gasteiger partial charge in [0.25, 0.3) is 5.91 Å². The van der Waals surface area contributed by atoms with Crippen LogP contribution < -0.4 is 20.1 Å². The second-order valence-corrected chi connectivity index (χ2v) is 9.79. The molecule has 0 radical (unpaired) electrons. The molecule has 0 aliphatic carbocycles. The van der Waals surface area contributed by atoms with Gasteiger partial charge in [-0.25, -0.2) is 0 Å². The molecule has 0 aliphatic rings. The molecule has 39 heavy (non-hydrogen) atoms. The van der Waals surface area contributed by atoms with E-state index in [0.717, 1.165) is 5.75 Å². The number of rotatable bonds is 11. The molecule has 2 N–H and O–H groups in total. The molecule has 4 rings (SSSR count). The number of nitrogens with zero attached hydrogens (tertiary/aromatic N) is 3. The third-order valence-corrected chi connectivity index (χ3v) is 6.87. The van der Waals surface area contributed by atoms with Crippen molar-refractivity contribution in [1.82, 2.24) is 20.1 Å². The van der Waals surface area contributed by atoms with E-state index in [-0.39, 0.29) is 28.8 Å². The molecule has 4 aromatic rings. The Morgan fingerprint density at radius 1 is 1.03 bits per heavy atom. The first-order chi connectivity index (χ1) is 18.9. The maximum Gasteiger partial charge on any atom is 0.253 e. The number of aromatic nitrogens is 3. The molecule has 0 saturated heterocycles. The van der Waals surface area contributed by atoms with Crippen molar-refractivity contribution in [2.75, 3.05) is 24.8 Å². The fraction of sp³-hybridized carbons (Fsp3) is 0.185. The Balaban J connectivity index is 1.51. The normalized spacial score (nSPS) is 10.7. The van der Waals surface area contributed by atoms with E-state index in [9.17, 15) is 9.59 Å². The van der Waals surface area contributed by atoms with E-state index in [1.54, 1.807) is 54.1 Å². The lowest BCUT2D eigenvalue weighted by molar-refractivity contribution is -0.113. The molecular formula is C27H25Cl2N5O4S. The van der Waals surface area contributed by atoms with E-state index in [1.807, 2.05) is 25.1 Å². The van der Waals surface area contributed by atoms with Gasteiger partial charge in [-0.2, -0.15) is 0 Å². The highest BCUT2D eigenvalue weighted by Gasteiger charge is 2.20. The summed E-state index contributed by atoms with van der Waals surface area (Å²) in [6.45, 7) is 2.52. The average molecular weight is 587 g/mol. The minimum atomic E-state index is -0.393. The summed E-state index contributed by atoms with van der Waals surface area (Å²) in [7, 11) is 1.56. The van der Waals surface area contributed by atoms with Crippen LogP contribution in [0.25, 0.3) is 5.69 Å². The zero-order valence-electron chi connectivity index (χ0n) is 21.1. The summed E-state index contributed by atoms with van der Waals surface area (Å²) in [6, 6.07) is 19.1. The monoisotopic (exact) mass is 585 g/mol. The van der Waals surface area contributed by atoms with Crippen molar-refractivity contribution in [2.24, 2.45) is 0 Å². The van der Waals surface area contributed by atoms with Crippen molar-refractivity contribution in [2.45, 2.75) is 18.6 Å². The van der Waals surface area contributed by atoms with Crippen molar-refractivity contribution in [3.63, 3.8) is 0 Å². The highest BCUT2D eigenvalue weighted by atomic mass is 35.5. The molecule has 0 fully saturated rings. The van der Waals surface area contributed by atoms with Gasteiger partial charge in [-0.15, -0.1) is 10.2 Å². The van der Waals surface area contributed by atoms with Gasteiger partial charge in [0, 0.05) is 10.7 Å². The Labute approximate surface area is 239 Å². The summed E-state index contributed by atoms with van der Waals surface area (Å²) in [5.74, 6) is 1.21. The quantitative estimate of drug-likeness (QED) is 0.219. The molecule has 0 aliphatic heterocycles. The fourth-order valence-electron chi connectivity index (χ4n) is 3.62. The highest BCUT2D eigenvalue weighted by molar-refractivity contribution is 7.99. The van der Waals surface area contributed by atoms with Crippen molar-refractivity contribution >= 4 is 52.5 Å². The summed E-state index contributed by atoms with van der Waals surface area (Å²) in [5, 5.41) is 15.4. The van der Waals surface area contributed by atoms with Gasteiger partial charge in [0.2, 0.25) is 5.91 Å². The topological polar surface area (TPSA) is 107 Å². The van der Waals surface area contributed by atoms with Gasteiger partial charge in [0.1, 0.15) is 11.5 Å². The number of carbonyl (C=O) groups excluding carboxylic acids is 2. The molecular weight excluding hydrogens is 561 g/mol. The van der Waals surface area contributed by atoms with Gasteiger partial charge in [-0.3, -0.25) is 14.2 Å². The van der Waals surface area contributed by atoms with Crippen LogP contribution in [0.15, 0.2) is 71.9 Å². The number of para-hydroxylation sites is 2. The number of hydrogen-bond acceptors (Lipinski definition) is 7. The van der Waals surface area contributed by atoms with Gasteiger partial charge in [0.05, 0.1) is 42.3 Å². The first-order valence-electron chi connectivity index (χ1n) is 11.9. The van der Waals surface area contributed by atoms with Crippen LogP contribution in [0.5, 0.6) is 11.5 Å². The van der Waals surface area contributed by atoms with Crippen molar-refractivity contribution in [1.29, 1.82) is 0 Å².